The van der Waals surface area contributed by atoms with E-state index in [9.17, 15) is 8.42 Å². The molecule has 3 nitrogen and oxygen atoms in total. The highest BCUT2D eigenvalue weighted by Gasteiger charge is 2.24. The monoisotopic (exact) mass is 191 g/mol. The molecule has 0 radical (unpaired) electrons. The summed E-state index contributed by atoms with van der Waals surface area (Å²) in [5.41, 5.74) is 5.82. The number of hydrogen-bond acceptors (Lipinski definition) is 3. The summed E-state index contributed by atoms with van der Waals surface area (Å²) >= 11 is 0. The highest BCUT2D eigenvalue weighted by molar-refractivity contribution is 7.90. The zero-order valence-electron chi connectivity index (χ0n) is 7.49. The fourth-order valence-electron chi connectivity index (χ4n) is 1.45. The van der Waals surface area contributed by atoms with Crippen molar-refractivity contribution in [2.45, 2.75) is 31.7 Å². The van der Waals surface area contributed by atoms with Crippen molar-refractivity contribution in [3.05, 3.63) is 0 Å². The summed E-state index contributed by atoms with van der Waals surface area (Å²) < 4.78 is 21.6. The van der Waals surface area contributed by atoms with E-state index >= 15 is 0 Å². The lowest BCUT2D eigenvalue weighted by Gasteiger charge is -2.30. The van der Waals surface area contributed by atoms with Crippen molar-refractivity contribution in [1.29, 1.82) is 0 Å². The molecule has 1 aliphatic rings. The molecule has 1 fully saturated rings. The maximum absolute atomic E-state index is 10.8. The van der Waals surface area contributed by atoms with Crippen LogP contribution in [-0.2, 0) is 9.84 Å². The second kappa shape index (κ2) is 3.75. The topological polar surface area (TPSA) is 60.2 Å². The van der Waals surface area contributed by atoms with Crippen molar-refractivity contribution in [1.82, 2.24) is 0 Å². The summed E-state index contributed by atoms with van der Waals surface area (Å²) in [6.45, 7) is 0. The first kappa shape index (κ1) is 9.99. The van der Waals surface area contributed by atoms with E-state index in [4.69, 9.17) is 5.73 Å². The van der Waals surface area contributed by atoms with Crippen LogP contribution in [0.15, 0.2) is 0 Å². The Hall–Kier alpha value is -0.0900. The molecule has 0 saturated heterocycles. The summed E-state index contributed by atoms with van der Waals surface area (Å²) in [4.78, 5) is 0. The summed E-state index contributed by atoms with van der Waals surface area (Å²) in [5, 5.41) is 0. The van der Waals surface area contributed by atoms with Crippen LogP contribution in [-0.4, -0.2) is 26.5 Å². The predicted molar refractivity (Wildman–Crippen MR) is 49.6 cm³/mol. The molecule has 12 heavy (non-hydrogen) atoms. The third-order valence-corrected chi connectivity index (χ3v) is 3.55. The Bertz CT molecular complexity index is 231. The molecule has 2 N–H and O–H groups in total. The Morgan fingerprint density at radius 2 is 2.08 bits per heavy atom. The molecular formula is C8H17NO2S. The molecule has 0 amide bonds. The summed E-state index contributed by atoms with van der Waals surface area (Å²) in [5.74, 6) is 0.830. The zero-order valence-corrected chi connectivity index (χ0v) is 8.31. The maximum Gasteiger partial charge on any atom is 0.147 e. The van der Waals surface area contributed by atoms with Crippen LogP contribution in [0.2, 0.25) is 0 Å². The van der Waals surface area contributed by atoms with Gasteiger partial charge in [-0.05, 0) is 25.2 Å². The molecule has 1 atom stereocenters. The average Bonchev–Trinajstić information content (AvgIpc) is 1.78. The lowest BCUT2D eigenvalue weighted by molar-refractivity contribution is 0.258. The molecule has 0 aliphatic heterocycles. The van der Waals surface area contributed by atoms with Crippen molar-refractivity contribution in [2.24, 2.45) is 11.7 Å². The van der Waals surface area contributed by atoms with Crippen LogP contribution in [0.1, 0.15) is 25.7 Å². The summed E-state index contributed by atoms with van der Waals surface area (Å²) in [7, 11) is -2.82. The molecular weight excluding hydrogens is 174 g/mol. The standard InChI is InChI=1S/C8H17NO2S/c1-12(10,11)6-5-8(9)7-3-2-4-7/h7-8H,2-6,9H2,1H3. The van der Waals surface area contributed by atoms with Gasteiger partial charge in [0.15, 0.2) is 0 Å². The van der Waals surface area contributed by atoms with Crippen LogP contribution >= 0.6 is 0 Å². The van der Waals surface area contributed by atoms with E-state index in [-0.39, 0.29) is 11.8 Å². The van der Waals surface area contributed by atoms with Crippen LogP contribution in [0.4, 0.5) is 0 Å². The first-order valence-electron chi connectivity index (χ1n) is 4.42. The van der Waals surface area contributed by atoms with E-state index in [1.807, 2.05) is 0 Å². The highest BCUT2D eigenvalue weighted by atomic mass is 32.2. The summed E-state index contributed by atoms with van der Waals surface area (Å²) in [6.07, 6.45) is 5.52. The molecule has 72 valence electrons. The van der Waals surface area contributed by atoms with Gasteiger partial charge < -0.3 is 5.73 Å². The second-order valence-corrected chi connectivity index (χ2v) is 6.03. The molecule has 1 saturated carbocycles. The number of rotatable bonds is 4. The van der Waals surface area contributed by atoms with Crippen LogP contribution in [0.3, 0.4) is 0 Å². The van der Waals surface area contributed by atoms with Crippen molar-refractivity contribution < 1.29 is 8.42 Å². The highest BCUT2D eigenvalue weighted by Crippen LogP contribution is 2.29. The van der Waals surface area contributed by atoms with Crippen LogP contribution in [0, 0.1) is 5.92 Å². The molecule has 4 heteroatoms. The zero-order chi connectivity index (χ0) is 9.19. The Kier molecular flexibility index (Phi) is 3.12. The van der Waals surface area contributed by atoms with Gasteiger partial charge in [-0.1, -0.05) is 6.42 Å². The Balaban J connectivity index is 2.22. The SMILES string of the molecule is CS(=O)(=O)CCC(N)C1CCC1. The van der Waals surface area contributed by atoms with E-state index in [0.717, 1.165) is 0 Å². The summed E-state index contributed by atoms with van der Waals surface area (Å²) in [6, 6.07) is 0.105. The largest absolute Gasteiger partial charge is 0.327 e. The normalized spacial score (nSPS) is 21.8. The first-order chi connectivity index (χ1) is 5.49. The third-order valence-electron chi connectivity index (χ3n) is 2.58. The van der Waals surface area contributed by atoms with E-state index < -0.39 is 9.84 Å². The number of nitrogens with two attached hydrogens (primary N) is 1. The number of hydrogen-bond donors (Lipinski definition) is 1. The van der Waals surface area contributed by atoms with Crippen LogP contribution < -0.4 is 5.73 Å². The van der Waals surface area contributed by atoms with Gasteiger partial charge in [0, 0.05) is 12.3 Å². The first-order valence-corrected chi connectivity index (χ1v) is 6.48. The van der Waals surface area contributed by atoms with Gasteiger partial charge >= 0.3 is 0 Å². The van der Waals surface area contributed by atoms with Crippen LogP contribution in [0.25, 0.3) is 0 Å². The molecule has 0 heterocycles. The van der Waals surface area contributed by atoms with Gasteiger partial charge in [-0.25, -0.2) is 8.42 Å². The molecule has 0 spiro atoms. The van der Waals surface area contributed by atoms with E-state index in [2.05, 4.69) is 0 Å². The minimum Gasteiger partial charge on any atom is -0.327 e. The van der Waals surface area contributed by atoms with Crippen molar-refractivity contribution in [2.75, 3.05) is 12.0 Å². The Labute approximate surface area is 74.3 Å². The second-order valence-electron chi connectivity index (χ2n) is 3.77. The van der Waals surface area contributed by atoms with Gasteiger partial charge in [0.1, 0.15) is 9.84 Å². The van der Waals surface area contributed by atoms with Crippen molar-refractivity contribution in [3.63, 3.8) is 0 Å². The fourth-order valence-corrected chi connectivity index (χ4v) is 2.15. The molecule has 0 aromatic carbocycles. The molecule has 1 aliphatic carbocycles. The minimum atomic E-state index is -2.82. The van der Waals surface area contributed by atoms with Gasteiger partial charge in [0.05, 0.1) is 5.75 Å². The van der Waals surface area contributed by atoms with Gasteiger partial charge in [-0.2, -0.15) is 0 Å². The van der Waals surface area contributed by atoms with E-state index in [1.54, 1.807) is 0 Å². The van der Waals surface area contributed by atoms with Crippen molar-refractivity contribution in [3.8, 4) is 0 Å². The smallest absolute Gasteiger partial charge is 0.147 e. The van der Waals surface area contributed by atoms with E-state index in [0.29, 0.717) is 12.3 Å². The Morgan fingerprint density at radius 1 is 1.50 bits per heavy atom. The van der Waals surface area contributed by atoms with Gasteiger partial charge in [-0.3, -0.25) is 0 Å². The molecule has 1 rings (SSSR count). The molecule has 1 unspecified atom stereocenters. The third kappa shape index (κ3) is 3.11. The average molecular weight is 191 g/mol. The molecule has 0 bridgehead atoms. The van der Waals surface area contributed by atoms with Gasteiger partial charge in [0.2, 0.25) is 0 Å². The van der Waals surface area contributed by atoms with Crippen LogP contribution in [0.5, 0.6) is 0 Å². The quantitative estimate of drug-likeness (QED) is 0.706. The lowest BCUT2D eigenvalue weighted by atomic mass is 9.79. The lowest BCUT2D eigenvalue weighted by Crippen LogP contribution is -2.35. The van der Waals surface area contributed by atoms with Gasteiger partial charge in [-0.15, -0.1) is 0 Å². The Morgan fingerprint density at radius 3 is 2.42 bits per heavy atom. The molecule has 0 aromatic heterocycles. The fraction of sp³-hybridized carbons (Fsp3) is 1.00. The number of sulfone groups is 1. The maximum atomic E-state index is 10.8. The van der Waals surface area contributed by atoms with Gasteiger partial charge in [0.25, 0.3) is 0 Å². The minimum absolute atomic E-state index is 0.105. The predicted octanol–water partition coefficient (Wildman–Crippen LogP) is 0.548. The molecule has 0 aromatic rings. The van der Waals surface area contributed by atoms with Crippen molar-refractivity contribution >= 4 is 9.84 Å². The van der Waals surface area contributed by atoms with E-state index in [1.165, 1.54) is 25.5 Å².